The second kappa shape index (κ2) is 4.77. The second-order valence-electron chi connectivity index (χ2n) is 5.13. The number of nitrogens with two attached hydrogens (primary N) is 1. The van der Waals surface area contributed by atoms with Gasteiger partial charge >= 0.3 is 0 Å². The van der Waals surface area contributed by atoms with Crippen molar-refractivity contribution in [3.05, 3.63) is 23.8 Å². The standard InChI is InChI=1S/C14H22N2/c1-11-7-13(15)9-14(8-11)16(2)10-12-5-3-4-6-12/h7-9,12H,3-6,10,15H2,1-2H3. The first-order valence-electron chi connectivity index (χ1n) is 6.23. The maximum absolute atomic E-state index is 5.88. The van der Waals surface area contributed by atoms with Gasteiger partial charge in [-0.25, -0.2) is 0 Å². The van der Waals surface area contributed by atoms with Crippen molar-refractivity contribution in [1.29, 1.82) is 0 Å². The van der Waals surface area contributed by atoms with Gasteiger partial charge in [-0.15, -0.1) is 0 Å². The van der Waals surface area contributed by atoms with E-state index in [9.17, 15) is 0 Å². The topological polar surface area (TPSA) is 29.3 Å². The van der Waals surface area contributed by atoms with Crippen molar-refractivity contribution < 1.29 is 0 Å². The molecule has 0 radical (unpaired) electrons. The van der Waals surface area contributed by atoms with Crippen LogP contribution in [-0.2, 0) is 0 Å². The fourth-order valence-electron chi connectivity index (χ4n) is 2.70. The monoisotopic (exact) mass is 218 g/mol. The largest absolute Gasteiger partial charge is 0.399 e. The summed E-state index contributed by atoms with van der Waals surface area (Å²) < 4.78 is 0. The lowest BCUT2D eigenvalue weighted by Crippen LogP contribution is -2.24. The molecule has 0 unspecified atom stereocenters. The van der Waals surface area contributed by atoms with Crippen molar-refractivity contribution in [2.75, 3.05) is 24.2 Å². The van der Waals surface area contributed by atoms with Gasteiger partial charge in [-0.3, -0.25) is 0 Å². The van der Waals surface area contributed by atoms with E-state index in [1.54, 1.807) is 0 Å². The number of aryl methyl sites for hydroxylation is 1. The molecule has 0 aliphatic heterocycles. The Labute approximate surface area is 98.4 Å². The van der Waals surface area contributed by atoms with Crippen molar-refractivity contribution in [3.8, 4) is 0 Å². The Kier molecular flexibility index (Phi) is 3.37. The summed E-state index contributed by atoms with van der Waals surface area (Å²) in [6.07, 6.45) is 5.61. The van der Waals surface area contributed by atoms with Gasteiger partial charge in [-0.05, 0) is 49.4 Å². The van der Waals surface area contributed by atoms with Gasteiger partial charge in [0.1, 0.15) is 0 Å². The maximum Gasteiger partial charge on any atom is 0.0387 e. The van der Waals surface area contributed by atoms with Crippen LogP contribution < -0.4 is 10.6 Å². The molecule has 0 aromatic heterocycles. The summed E-state index contributed by atoms with van der Waals surface area (Å²) >= 11 is 0. The summed E-state index contributed by atoms with van der Waals surface area (Å²) in [5, 5.41) is 0. The molecule has 0 spiro atoms. The van der Waals surface area contributed by atoms with E-state index in [1.165, 1.54) is 43.5 Å². The third-order valence-electron chi connectivity index (χ3n) is 3.53. The molecule has 1 aromatic carbocycles. The summed E-state index contributed by atoms with van der Waals surface area (Å²) in [5.74, 6) is 0.881. The zero-order valence-corrected chi connectivity index (χ0v) is 10.4. The highest BCUT2D eigenvalue weighted by atomic mass is 15.1. The Hall–Kier alpha value is -1.18. The molecule has 88 valence electrons. The van der Waals surface area contributed by atoms with Gasteiger partial charge in [-0.1, -0.05) is 12.8 Å². The molecule has 0 atom stereocenters. The first-order valence-corrected chi connectivity index (χ1v) is 6.23. The lowest BCUT2D eigenvalue weighted by atomic mass is 10.1. The van der Waals surface area contributed by atoms with E-state index in [4.69, 9.17) is 5.73 Å². The van der Waals surface area contributed by atoms with Gasteiger partial charge in [0.25, 0.3) is 0 Å². The highest BCUT2D eigenvalue weighted by Crippen LogP contribution is 2.27. The minimum absolute atomic E-state index is 0.869. The molecule has 0 heterocycles. The van der Waals surface area contributed by atoms with Gasteiger partial charge in [0.15, 0.2) is 0 Å². The SMILES string of the molecule is Cc1cc(N)cc(N(C)CC2CCCC2)c1. The molecule has 1 aliphatic rings. The Bertz CT molecular complexity index is 334. The summed E-state index contributed by atoms with van der Waals surface area (Å²) in [6.45, 7) is 3.27. The zero-order valence-electron chi connectivity index (χ0n) is 10.4. The molecule has 1 aliphatic carbocycles. The van der Waals surface area contributed by atoms with Crippen LogP contribution in [0.1, 0.15) is 31.2 Å². The van der Waals surface area contributed by atoms with Crippen LogP contribution in [0.15, 0.2) is 18.2 Å². The molecule has 0 saturated heterocycles. The number of anilines is 2. The van der Waals surface area contributed by atoms with Crippen LogP contribution in [0.4, 0.5) is 11.4 Å². The predicted molar refractivity (Wildman–Crippen MR) is 70.8 cm³/mol. The van der Waals surface area contributed by atoms with Crippen LogP contribution in [0.2, 0.25) is 0 Å². The average Bonchev–Trinajstić information content (AvgIpc) is 2.68. The van der Waals surface area contributed by atoms with E-state index in [2.05, 4.69) is 31.0 Å². The Balaban J connectivity index is 2.04. The van der Waals surface area contributed by atoms with Gasteiger partial charge in [0.05, 0.1) is 0 Å². The van der Waals surface area contributed by atoms with Crippen molar-refractivity contribution in [2.45, 2.75) is 32.6 Å². The van der Waals surface area contributed by atoms with Crippen molar-refractivity contribution in [3.63, 3.8) is 0 Å². The molecule has 1 saturated carbocycles. The normalized spacial score (nSPS) is 16.6. The maximum atomic E-state index is 5.88. The lowest BCUT2D eigenvalue weighted by molar-refractivity contribution is 0.547. The van der Waals surface area contributed by atoms with E-state index in [1.807, 2.05) is 6.07 Å². The van der Waals surface area contributed by atoms with Crippen molar-refractivity contribution >= 4 is 11.4 Å². The first kappa shape index (κ1) is 11.3. The molecular weight excluding hydrogens is 196 g/mol. The van der Waals surface area contributed by atoms with E-state index < -0.39 is 0 Å². The lowest BCUT2D eigenvalue weighted by Gasteiger charge is -2.23. The molecular formula is C14H22N2. The van der Waals surface area contributed by atoms with Crippen LogP contribution in [-0.4, -0.2) is 13.6 Å². The fourth-order valence-corrected chi connectivity index (χ4v) is 2.70. The van der Waals surface area contributed by atoms with E-state index in [0.29, 0.717) is 0 Å². The Morgan fingerprint density at radius 1 is 1.25 bits per heavy atom. The van der Waals surface area contributed by atoms with Crippen molar-refractivity contribution in [1.82, 2.24) is 0 Å². The molecule has 2 rings (SSSR count). The highest BCUT2D eigenvalue weighted by molar-refractivity contribution is 5.57. The molecule has 0 amide bonds. The fraction of sp³-hybridized carbons (Fsp3) is 0.571. The zero-order chi connectivity index (χ0) is 11.5. The van der Waals surface area contributed by atoms with Gasteiger partial charge in [0, 0.05) is 25.0 Å². The van der Waals surface area contributed by atoms with Gasteiger partial charge < -0.3 is 10.6 Å². The highest BCUT2D eigenvalue weighted by Gasteiger charge is 2.17. The summed E-state index contributed by atoms with van der Waals surface area (Å²) in [5.41, 5.74) is 9.25. The smallest absolute Gasteiger partial charge is 0.0387 e. The number of benzene rings is 1. The molecule has 2 heteroatoms. The molecule has 1 aromatic rings. The van der Waals surface area contributed by atoms with E-state index in [0.717, 1.165) is 11.6 Å². The Morgan fingerprint density at radius 3 is 2.56 bits per heavy atom. The summed E-state index contributed by atoms with van der Waals surface area (Å²) in [4.78, 5) is 2.35. The molecule has 2 N–H and O–H groups in total. The van der Waals surface area contributed by atoms with Gasteiger partial charge in [-0.2, -0.15) is 0 Å². The van der Waals surface area contributed by atoms with E-state index >= 15 is 0 Å². The van der Waals surface area contributed by atoms with Gasteiger partial charge in [0.2, 0.25) is 0 Å². The third-order valence-corrected chi connectivity index (χ3v) is 3.53. The number of nitrogens with zero attached hydrogens (tertiary/aromatic N) is 1. The second-order valence-corrected chi connectivity index (χ2v) is 5.13. The van der Waals surface area contributed by atoms with Crippen molar-refractivity contribution in [2.24, 2.45) is 5.92 Å². The van der Waals surface area contributed by atoms with Crippen LogP contribution >= 0.6 is 0 Å². The predicted octanol–water partition coefficient (Wildman–Crippen LogP) is 3.20. The average molecular weight is 218 g/mol. The van der Waals surface area contributed by atoms with Crippen LogP contribution in [0, 0.1) is 12.8 Å². The molecule has 0 bridgehead atoms. The minimum atomic E-state index is 0.869. The quantitative estimate of drug-likeness (QED) is 0.789. The first-order chi connectivity index (χ1) is 7.65. The minimum Gasteiger partial charge on any atom is -0.399 e. The summed E-state index contributed by atoms with van der Waals surface area (Å²) in [7, 11) is 2.17. The van der Waals surface area contributed by atoms with Crippen LogP contribution in [0.3, 0.4) is 0 Å². The van der Waals surface area contributed by atoms with Crippen LogP contribution in [0.25, 0.3) is 0 Å². The summed E-state index contributed by atoms with van der Waals surface area (Å²) in [6, 6.07) is 6.31. The number of hydrogen-bond acceptors (Lipinski definition) is 2. The molecule has 1 fully saturated rings. The number of nitrogen functional groups attached to an aromatic ring is 1. The molecule has 16 heavy (non-hydrogen) atoms. The number of hydrogen-bond donors (Lipinski definition) is 1. The Morgan fingerprint density at radius 2 is 1.94 bits per heavy atom. The van der Waals surface area contributed by atoms with E-state index in [-0.39, 0.29) is 0 Å². The molecule has 2 nitrogen and oxygen atoms in total. The van der Waals surface area contributed by atoms with Crippen LogP contribution in [0.5, 0.6) is 0 Å². The number of rotatable bonds is 3. The third kappa shape index (κ3) is 2.69.